The predicted octanol–water partition coefficient (Wildman–Crippen LogP) is 0.218. The lowest BCUT2D eigenvalue weighted by Gasteiger charge is -2.31. The van der Waals surface area contributed by atoms with Crippen LogP contribution in [0, 0.1) is 11.8 Å². The Morgan fingerprint density at radius 2 is 0.939 bits per heavy atom. The Balaban J connectivity index is 0.999. The van der Waals surface area contributed by atoms with Gasteiger partial charge in [-0.05, 0) is 150 Å². The minimum absolute atomic E-state index is 0.00343. The Bertz CT molecular complexity index is 4240. The zero-order chi connectivity index (χ0) is 84.2. The first-order chi connectivity index (χ1) is 54.7. The van der Waals surface area contributed by atoms with Crippen molar-refractivity contribution in [2.24, 2.45) is 34.8 Å². The number of hydrogen-bond donors (Lipinski definition) is 18. The largest absolute Gasteiger partial charge is 0.508 e. The van der Waals surface area contributed by atoms with Crippen LogP contribution in [0.4, 0.5) is 0 Å². The number of carbonyl (C=O) groups excluding carboxylic acids is 14. The number of primary amides is 2. The van der Waals surface area contributed by atoms with Crippen LogP contribution in [0.1, 0.15) is 161 Å². The van der Waals surface area contributed by atoms with E-state index >= 15 is 0 Å². The van der Waals surface area contributed by atoms with Crippen LogP contribution in [0.3, 0.4) is 0 Å². The SMILES string of the molecule is CCCC[C@H](NC(=O)[C@@H]1CCCN1C(=O)[C@H](CCC(N)=O)NC(=O)CNC(=O)[C@@H]1CCCN1C(=O)[C@H](CCCCN)NC(=O)[C@H](CC(C)C)NC(=O)[C@H](CCC(N)=O)NC(=O)[C@H](CC(C)C)NC(=O)[C@H](Cc1c[nH]c2ccccc12)NC(=O)[C@H](C)NC(=O)[C@@H](N)Cc1c[nH]c2ccccc12)C(=O)N[C@@H](Cc1ccc(O)cc1)C(=O)O. The third-order valence-electron chi connectivity index (χ3n) is 20.4. The third kappa shape index (κ3) is 27.4. The van der Waals surface area contributed by atoms with Crippen molar-refractivity contribution in [1.82, 2.24) is 72.9 Å². The summed E-state index contributed by atoms with van der Waals surface area (Å²) in [5.74, 6) is -13.0. The molecule has 115 heavy (non-hydrogen) atoms. The van der Waals surface area contributed by atoms with Gasteiger partial charge in [0.1, 0.15) is 72.2 Å². The Labute approximate surface area is 667 Å². The number of likely N-dealkylation sites (tertiary alicyclic amines) is 2. The average Bonchev–Trinajstić information content (AvgIpc) is 1.82. The number of nitrogens with one attached hydrogen (secondary N) is 12. The van der Waals surface area contributed by atoms with E-state index in [9.17, 15) is 82.1 Å². The van der Waals surface area contributed by atoms with Crippen LogP contribution in [0.15, 0.2) is 85.2 Å². The maximum Gasteiger partial charge on any atom is 0.326 e. The van der Waals surface area contributed by atoms with Crippen molar-refractivity contribution in [3.05, 3.63) is 102 Å². The summed E-state index contributed by atoms with van der Waals surface area (Å²) < 4.78 is 0. The van der Waals surface area contributed by atoms with Gasteiger partial charge in [0.25, 0.3) is 0 Å². The number of rotatable bonds is 46. The van der Waals surface area contributed by atoms with Gasteiger partial charge < -0.3 is 106 Å². The van der Waals surface area contributed by atoms with Crippen molar-refractivity contribution in [1.29, 1.82) is 0 Å². The summed E-state index contributed by atoms with van der Waals surface area (Å²) in [6.07, 6.45) is 4.69. The fourth-order valence-corrected chi connectivity index (χ4v) is 14.2. The number of carbonyl (C=O) groups is 15. The third-order valence-corrected chi connectivity index (χ3v) is 20.4. The van der Waals surface area contributed by atoms with Crippen LogP contribution in [0.25, 0.3) is 21.8 Å². The van der Waals surface area contributed by atoms with E-state index in [2.05, 4.69) is 63.1 Å². The van der Waals surface area contributed by atoms with Crippen LogP contribution in [-0.4, -0.2) is 217 Å². The highest BCUT2D eigenvalue weighted by Gasteiger charge is 2.42. The van der Waals surface area contributed by atoms with Crippen LogP contribution in [0.2, 0.25) is 0 Å². The normalized spacial score (nSPS) is 16.6. The van der Waals surface area contributed by atoms with E-state index in [4.69, 9.17) is 22.9 Å². The molecule has 14 amide bonds. The number of aliphatic carboxylic acids is 1. The quantitative estimate of drug-likeness (QED) is 0.0232. The summed E-state index contributed by atoms with van der Waals surface area (Å²) in [6, 6.07) is 4.89. The summed E-state index contributed by atoms with van der Waals surface area (Å²) in [4.78, 5) is 217. The van der Waals surface area contributed by atoms with E-state index in [0.29, 0.717) is 49.7 Å². The number of H-pyrrole nitrogens is 2. The lowest BCUT2D eigenvalue weighted by molar-refractivity contribution is -0.144. The zero-order valence-corrected chi connectivity index (χ0v) is 66.2. The number of phenols is 1. The molecule has 22 N–H and O–H groups in total. The lowest BCUT2D eigenvalue weighted by Crippen LogP contribution is -2.60. The standard InChI is InChI=1S/C80H114N18O17/c1-7-8-19-56(71(105)96-63(80(114)115)38-47-25-27-50(99)28-26-47)91-77(111)65-24-16-35-98(65)79(113)59(30-32-67(84)101)89-68(102)43-87-76(110)64-23-15-34-97(64)78(112)58(22-13-14-33-81)92-74(108)61(37-45(4)5)94-72(106)57(29-31-66(83)100)90-73(107)60(36-44(2)3)95-75(109)62(40-49-42-86-55-21-12-10-18-52(49)55)93-69(103)46(6)88-70(104)53(82)39-48-41-85-54-20-11-9-17-51(48)54/h9-12,17-18,20-21,25-28,41-42,44-46,53,56-65,85-86,99H,7-8,13-16,19,22-24,29-40,43,81-82H2,1-6H3,(H2,83,100)(H2,84,101)(H,87,110)(H,88,104)(H,89,102)(H,90,107)(H,91,111)(H,92,108)(H,93,103)(H,94,106)(H,95,109)(H,96,105)(H,114,115)/t46-,53-,56-,57-,58-,59-,60-,61-,62-,63-,64-,65-/m0/s1. The molecule has 0 saturated carbocycles. The molecule has 2 saturated heterocycles. The summed E-state index contributed by atoms with van der Waals surface area (Å²) >= 11 is 0. The van der Waals surface area contributed by atoms with E-state index < -0.39 is 174 Å². The second-order valence-corrected chi connectivity index (χ2v) is 30.5. The molecule has 0 bridgehead atoms. The monoisotopic (exact) mass is 1600 g/mol. The molecule has 0 radical (unpaired) electrons. The van der Waals surface area contributed by atoms with E-state index in [1.807, 2.05) is 49.4 Å². The van der Waals surface area contributed by atoms with Gasteiger partial charge in [-0.3, -0.25) is 67.1 Å². The van der Waals surface area contributed by atoms with Crippen molar-refractivity contribution in [3.8, 4) is 5.75 Å². The number of fused-ring (bicyclic) bond motifs is 2. The molecule has 0 spiro atoms. The molecule has 0 unspecified atom stereocenters. The van der Waals surface area contributed by atoms with Gasteiger partial charge in [-0.25, -0.2) is 4.79 Å². The van der Waals surface area contributed by atoms with Crippen molar-refractivity contribution >= 4 is 110 Å². The molecule has 2 aliphatic rings. The van der Waals surface area contributed by atoms with Crippen molar-refractivity contribution in [3.63, 3.8) is 0 Å². The number of amides is 14. The maximum atomic E-state index is 14.8. The van der Waals surface area contributed by atoms with Crippen LogP contribution < -0.4 is 76.1 Å². The zero-order valence-electron chi connectivity index (χ0n) is 66.2. The Kier molecular flexibility index (Phi) is 34.9. The fourth-order valence-electron chi connectivity index (χ4n) is 14.2. The number of para-hydroxylation sites is 2. The number of aromatic amines is 2. The highest BCUT2D eigenvalue weighted by Crippen LogP contribution is 2.26. The minimum atomic E-state index is -1.56. The second-order valence-electron chi connectivity index (χ2n) is 30.5. The number of unbranched alkanes of at least 4 members (excludes halogenated alkanes) is 2. The maximum absolute atomic E-state index is 14.8. The molecule has 5 aromatic rings. The molecule has 3 aromatic carbocycles. The highest BCUT2D eigenvalue weighted by molar-refractivity contribution is 6.00. The van der Waals surface area contributed by atoms with E-state index in [1.54, 1.807) is 46.2 Å². The number of phenolic OH excluding ortho intramolecular Hbond substituents is 1. The molecule has 12 atom stereocenters. The molecule has 2 fully saturated rings. The molecule has 35 heteroatoms. The van der Waals surface area contributed by atoms with Gasteiger partial charge in [0, 0.05) is 73.0 Å². The molecule has 2 aromatic heterocycles. The van der Waals surface area contributed by atoms with Crippen LogP contribution in [-0.2, 0) is 91.2 Å². The number of nitrogens with zero attached hydrogens (tertiary/aromatic N) is 2. The van der Waals surface area contributed by atoms with Gasteiger partial charge in [-0.1, -0.05) is 96.0 Å². The van der Waals surface area contributed by atoms with Crippen LogP contribution in [0.5, 0.6) is 5.75 Å². The average molecular weight is 1600 g/mol. The minimum Gasteiger partial charge on any atom is -0.508 e. The lowest BCUT2D eigenvalue weighted by atomic mass is 9.99. The number of hydrogen-bond acceptors (Lipinski definition) is 18. The Morgan fingerprint density at radius 3 is 1.46 bits per heavy atom. The van der Waals surface area contributed by atoms with Gasteiger partial charge in [0.15, 0.2) is 0 Å². The summed E-state index contributed by atoms with van der Waals surface area (Å²) in [5, 5.41) is 48.0. The first-order valence-corrected chi connectivity index (χ1v) is 39.5. The summed E-state index contributed by atoms with van der Waals surface area (Å²) in [5.41, 5.74) is 26.9. The Hall–Kier alpha value is -11.5. The number of carboxylic acids is 1. The Morgan fingerprint density at radius 1 is 0.487 bits per heavy atom. The number of carboxylic acid groups (broad SMARTS) is 1. The van der Waals surface area contributed by atoms with Crippen molar-refractivity contribution in [2.75, 3.05) is 26.2 Å². The molecule has 626 valence electrons. The van der Waals surface area contributed by atoms with E-state index in [1.165, 1.54) is 41.0 Å². The fraction of sp³-hybridized carbons (Fsp3) is 0.537. The van der Waals surface area contributed by atoms with Gasteiger partial charge in [0.05, 0.1) is 12.6 Å². The number of aromatic hydroxyl groups is 1. The molecule has 7 rings (SSSR count). The molecular weight excluding hydrogens is 1480 g/mol. The predicted molar refractivity (Wildman–Crippen MR) is 425 cm³/mol. The number of nitrogens with two attached hydrogens (primary N) is 4. The van der Waals surface area contributed by atoms with Crippen molar-refractivity contribution in [2.45, 2.75) is 236 Å². The first-order valence-electron chi connectivity index (χ1n) is 39.5. The second kappa shape index (κ2) is 44.2. The summed E-state index contributed by atoms with van der Waals surface area (Å²) in [6.45, 7) is 9.97. The molecule has 4 heterocycles. The highest BCUT2D eigenvalue weighted by atomic mass is 16.4. The van der Waals surface area contributed by atoms with Gasteiger partial charge >= 0.3 is 5.97 Å². The summed E-state index contributed by atoms with van der Waals surface area (Å²) in [7, 11) is 0. The smallest absolute Gasteiger partial charge is 0.326 e. The van der Waals surface area contributed by atoms with E-state index in [-0.39, 0.29) is 114 Å². The van der Waals surface area contributed by atoms with Gasteiger partial charge in [-0.15, -0.1) is 0 Å². The number of benzene rings is 3. The molecular formula is C80H114N18O17. The van der Waals surface area contributed by atoms with Gasteiger partial charge in [-0.2, -0.15) is 0 Å². The van der Waals surface area contributed by atoms with Gasteiger partial charge in [0.2, 0.25) is 82.7 Å². The number of aromatic nitrogens is 2. The molecule has 35 nitrogen and oxygen atoms in total. The molecule has 2 aliphatic heterocycles. The van der Waals surface area contributed by atoms with Crippen LogP contribution >= 0.6 is 0 Å². The first kappa shape index (κ1) is 90.7. The van der Waals surface area contributed by atoms with E-state index in [0.717, 1.165) is 27.4 Å². The van der Waals surface area contributed by atoms with Crippen molar-refractivity contribution < 1.29 is 82.1 Å². The molecule has 0 aliphatic carbocycles. The topological polar surface area (TPSA) is 559 Å².